The smallest absolute Gasteiger partial charge is 0.303 e. The van der Waals surface area contributed by atoms with E-state index in [4.69, 9.17) is 4.74 Å². The Morgan fingerprint density at radius 3 is 2.66 bits per heavy atom. The van der Waals surface area contributed by atoms with E-state index in [-0.39, 0.29) is 23.0 Å². The summed E-state index contributed by atoms with van der Waals surface area (Å²) in [5, 5.41) is 19.8. The normalized spacial score (nSPS) is 45.4. The number of aliphatic hydroxyl groups is 2. The third kappa shape index (κ3) is 2.66. The number of hydrogen-bond donors (Lipinski definition) is 2. The highest BCUT2D eigenvalue weighted by molar-refractivity contribution is 5.92. The summed E-state index contributed by atoms with van der Waals surface area (Å²) in [6, 6.07) is 0. The van der Waals surface area contributed by atoms with E-state index in [9.17, 15) is 19.8 Å². The molecule has 0 aliphatic heterocycles. The average Bonchev–Trinajstić information content (AvgIpc) is 2.95. The molecular weight excluding hydrogens is 368 g/mol. The van der Waals surface area contributed by atoms with Crippen LogP contribution in [0.25, 0.3) is 0 Å². The van der Waals surface area contributed by atoms with Gasteiger partial charge in [0.1, 0.15) is 6.61 Å². The molecule has 7 atom stereocenters. The molecular formula is C24H32O5. The molecule has 5 nitrogen and oxygen atoms in total. The molecule has 2 saturated carbocycles. The Labute approximate surface area is 172 Å². The first-order valence-electron chi connectivity index (χ1n) is 10.7. The predicted molar refractivity (Wildman–Crippen MR) is 109 cm³/mol. The van der Waals surface area contributed by atoms with Crippen molar-refractivity contribution >= 4 is 11.8 Å². The Bertz CT molecular complexity index is 838. The highest BCUT2D eigenvalue weighted by Crippen LogP contribution is 2.66. The number of ether oxygens (including phenoxy) is 1. The van der Waals surface area contributed by atoms with E-state index in [1.807, 2.05) is 12.2 Å². The Hall–Kier alpha value is -1.72. The lowest BCUT2D eigenvalue weighted by Gasteiger charge is -2.55. The van der Waals surface area contributed by atoms with Gasteiger partial charge in [-0.2, -0.15) is 0 Å². The number of carbonyl (C=O) groups is 2. The Morgan fingerprint density at radius 1 is 1.28 bits per heavy atom. The minimum atomic E-state index is -1.25. The molecule has 0 aromatic heterocycles. The number of hydrogen-bond acceptors (Lipinski definition) is 5. The van der Waals surface area contributed by atoms with Crippen LogP contribution < -0.4 is 0 Å². The van der Waals surface area contributed by atoms with Gasteiger partial charge in [-0.05, 0) is 50.4 Å². The van der Waals surface area contributed by atoms with Crippen LogP contribution in [0, 0.1) is 28.6 Å². The van der Waals surface area contributed by atoms with E-state index in [1.54, 1.807) is 0 Å². The van der Waals surface area contributed by atoms with E-state index >= 15 is 0 Å². The molecule has 0 saturated heterocycles. The fraction of sp³-hybridized carbons (Fsp3) is 0.667. The lowest BCUT2D eigenvalue weighted by atomic mass is 9.49. The van der Waals surface area contributed by atoms with Crippen LogP contribution in [0.3, 0.4) is 0 Å². The van der Waals surface area contributed by atoms with Crippen molar-refractivity contribution in [1.82, 2.24) is 0 Å². The molecule has 0 aromatic rings. The third-order valence-corrected chi connectivity index (χ3v) is 8.41. The van der Waals surface area contributed by atoms with Crippen LogP contribution in [0.4, 0.5) is 0 Å². The van der Waals surface area contributed by atoms with Crippen LogP contribution in [0.1, 0.15) is 53.4 Å². The number of ketones is 1. The van der Waals surface area contributed by atoms with Crippen LogP contribution in [0.5, 0.6) is 0 Å². The molecule has 158 valence electrons. The Balaban J connectivity index is 1.80. The van der Waals surface area contributed by atoms with E-state index in [2.05, 4.69) is 32.9 Å². The summed E-state index contributed by atoms with van der Waals surface area (Å²) in [6.07, 6.45) is 10.6. The van der Waals surface area contributed by atoms with Crippen molar-refractivity contribution in [3.05, 3.63) is 35.5 Å². The lowest BCUT2D eigenvalue weighted by Crippen LogP contribution is -2.57. The zero-order valence-corrected chi connectivity index (χ0v) is 17.8. The molecule has 0 spiro atoms. The molecule has 0 bridgehead atoms. The highest BCUT2D eigenvalue weighted by atomic mass is 16.6. The second kappa shape index (κ2) is 6.64. The molecule has 3 unspecified atom stereocenters. The first kappa shape index (κ1) is 20.5. The van der Waals surface area contributed by atoms with Crippen LogP contribution in [-0.4, -0.2) is 40.3 Å². The summed E-state index contributed by atoms with van der Waals surface area (Å²) in [5.41, 5.74) is 0.647. The molecule has 0 aromatic carbocycles. The van der Waals surface area contributed by atoms with Crippen molar-refractivity contribution in [3.8, 4) is 0 Å². The minimum Gasteiger partial charge on any atom is -0.451 e. The van der Waals surface area contributed by atoms with Gasteiger partial charge in [-0.1, -0.05) is 49.3 Å². The largest absolute Gasteiger partial charge is 0.451 e. The van der Waals surface area contributed by atoms with Gasteiger partial charge in [0.25, 0.3) is 0 Å². The van der Waals surface area contributed by atoms with Gasteiger partial charge in [-0.25, -0.2) is 0 Å². The summed E-state index contributed by atoms with van der Waals surface area (Å²) >= 11 is 0. The average molecular weight is 401 g/mol. The molecule has 4 aliphatic carbocycles. The summed E-state index contributed by atoms with van der Waals surface area (Å²) in [7, 11) is 0. The molecule has 4 aliphatic rings. The number of esters is 1. The van der Waals surface area contributed by atoms with E-state index in [0.29, 0.717) is 18.8 Å². The number of fused-ring (bicyclic) bond motifs is 5. The molecule has 0 radical (unpaired) electrons. The topological polar surface area (TPSA) is 83.8 Å². The third-order valence-electron chi connectivity index (χ3n) is 8.41. The first-order valence-corrected chi connectivity index (χ1v) is 10.7. The van der Waals surface area contributed by atoms with E-state index < -0.39 is 29.7 Å². The fourth-order valence-electron chi connectivity index (χ4n) is 7.10. The molecule has 29 heavy (non-hydrogen) atoms. The molecule has 2 N–H and O–H groups in total. The molecule has 4 rings (SSSR count). The van der Waals surface area contributed by atoms with Crippen molar-refractivity contribution in [2.75, 3.05) is 6.61 Å². The quantitative estimate of drug-likeness (QED) is 0.562. The fourth-order valence-corrected chi connectivity index (χ4v) is 7.10. The standard InChI is InChI=1S/C24H32O5/c1-14-11-17-18(22(3)8-5-16(27)12-20(14)22)6-9-23(4)19(17)7-10-24(23,21(28)13-25)29-15(2)26/h5-6,8,12,14,16-17,19,25,27H,7,9-11,13H2,1-4H3/t14-,16?,17?,19?,22+,23-,24-/m0/s1. The summed E-state index contributed by atoms with van der Waals surface area (Å²) in [5.74, 6) is -0.0396. The second-order valence-corrected chi connectivity index (χ2v) is 9.85. The van der Waals surface area contributed by atoms with Crippen LogP contribution in [0.15, 0.2) is 35.5 Å². The van der Waals surface area contributed by atoms with Gasteiger partial charge in [0.2, 0.25) is 5.78 Å². The van der Waals surface area contributed by atoms with Gasteiger partial charge in [-0.15, -0.1) is 0 Å². The van der Waals surface area contributed by atoms with Gasteiger partial charge in [-0.3, -0.25) is 9.59 Å². The zero-order chi connectivity index (χ0) is 21.2. The van der Waals surface area contributed by atoms with Gasteiger partial charge in [0.05, 0.1) is 6.10 Å². The molecule has 5 heteroatoms. The lowest BCUT2D eigenvalue weighted by molar-refractivity contribution is -0.183. The van der Waals surface area contributed by atoms with E-state index in [0.717, 1.165) is 12.8 Å². The van der Waals surface area contributed by atoms with Gasteiger partial charge < -0.3 is 14.9 Å². The van der Waals surface area contributed by atoms with E-state index in [1.165, 1.54) is 18.1 Å². The Kier molecular flexibility index (Phi) is 4.71. The number of carbonyl (C=O) groups excluding carboxylic acids is 2. The highest BCUT2D eigenvalue weighted by Gasteiger charge is 2.67. The van der Waals surface area contributed by atoms with Gasteiger partial charge in [0.15, 0.2) is 5.60 Å². The van der Waals surface area contributed by atoms with Crippen LogP contribution in [0.2, 0.25) is 0 Å². The van der Waals surface area contributed by atoms with Crippen molar-refractivity contribution < 1.29 is 24.5 Å². The summed E-state index contributed by atoms with van der Waals surface area (Å²) in [6.45, 7) is 7.23. The first-order chi connectivity index (χ1) is 13.6. The second-order valence-electron chi connectivity index (χ2n) is 9.85. The minimum absolute atomic E-state index is 0.207. The Morgan fingerprint density at radius 2 is 2.00 bits per heavy atom. The predicted octanol–water partition coefficient (Wildman–Crippen LogP) is 3.12. The van der Waals surface area contributed by atoms with Crippen LogP contribution in [-0.2, 0) is 14.3 Å². The number of rotatable bonds is 3. The maximum absolute atomic E-state index is 12.9. The number of aliphatic hydroxyl groups excluding tert-OH is 2. The van der Waals surface area contributed by atoms with Crippen molar-refractivity contribution in [2.24, 2.45) is 28.6 Å². The maximum Gasteiger partial charge on any atom is 0.303 e. The summed E-state index contributed by atoms with van der Waals surface area (Å²) < 4.78 is 5.74. The SMILES string of the molecule is CC(=O)O[C@]1(C(=O)CO)CCC2C3C[C@H](C)C4=CC(O)C=C[C@]4(C)C3=CC[C@@]21C. The van der Waals surface area contributed by atoms with Crippen molar-refractivity contribution in [1.29, 1.82) is 0 Å². The van der Waals surface area contributed by atoms with Crippen molar-refractivity contribution in [3.63, 3.8) is 0 Å². The van der Waals surface area contributed by atoms with Gasteiger partial charge in [0, 0.05) is 17.8 Å². The van der Waals surface area contributed by atoms with Gasteiger partial charge >= 0.3 is 5.97 Å². The molecule has 0 heterocycles. The summed E-state index contributed by atoms with van der Waals surface area (Å²) in [4.78, 5) is 24.8. The zero-order valence-electron chi connectivity index (χ0n) is 17.8. The number of allylic oxidation sites excluding steroid dienone is 4. The monoisotopic (exact) mass is 400 g/mol. The molecule has 2 fully saturated rings. The van der Waals surface area contributed by atoms with Crippen molar-refractivity contribution in [2.45, 2.75) is 65.1 Å². The molecule has 0 amide bonds. The number of Topliss-reactive ketones (excluding diaryl/α,β-unsaturated/α-hetero) is 1. The maximum atomic E-state index is 12.9. The van der Waals surface area contributed by atoms with Crippen LogP contribution >= 0.6 is 0 Å².